The molecule has 6 heteroatoms. The molecule has 1 aliphatic rings. The van der Waals surface area contributed by atoms with Crippen molar-refractivity contribution in [1.29, 1.82) is 0 Å². The first kappa shape index (κ1) is 22.9. The highest BCUT2D eigenvalue weighted by molar-refractivity contribution is 5.89. The lowest BCUT2D eigenvalue weighted by molar-refractivity contribution is -0.123. The maximum atomic E-state index is 12.4. The summed E-state index contributed by atoms with van der Waals surface area (Å²) < 4.78 is 7.81. The molecule has 1 amide bonds. The molecule has 0 radical (unpaired) electrons. The number of amides is 1. The van der Waals surface area contributed by atoms with Gasteiger partial charge in [-0.25, -0.2) is 4.79 Å². The quantitative estimate of drug-likeness (QED) is 0.484. The Bertz CT molecular complexity index is 1180. The van der Waals surface area contributed by atoms with Crippen LogP contribution >= 0.6 is 0 Å². The Morgan fingerprint density at radius 1 is 1.21 bits per heavy atom. The third kappa shape index (κ3) is 4.47. The van der Waals surface area contributed by atoms with Gasteiger partial charge in [-0.05, 0) is 66.1 Å². The number of benzene rings is 2. The number of rotatable bonds is 9. The molecule has 0 bridgehead atoms. The number of aromatic nitrogens is 1. The lowest BCUT2D eigenvalue weighted by Crippen LogP contribution is -2.23. The van der Waals surface area contributed by atoms with Crippen molar-refractivity contribution in [2.75, 3.05) is 13.7 Å². The minimum Gasteiger partial charge on any atom is -0.496 e. The number of aromatic carboxylic acids is 1. The summed E-state index contributed by atoms with van der Waals surface area (Å²) in [6.45, 7) is 6.00. The molecule has 2 aromatic carbocycles. The molecular weight excluding hydrogens is 416 g/mol. The Hall–Kier alpha value is -3.28. The summed E-state index contributed by atoms with van der Waals surface area (Å²) in [5.74, 6) is -0.00275. The van der Waals surface area contributed by atoms with Crippen LogP contribution < -0.4 is 10.1 Å². The first-order valence-corrected chi connectivity index (χ1v) is 11.8. The highest BCUT2D eigenvalue weighted by Gasteiger charge is 2.32. The van der Waals surface area contributed by atoms with Gasteiger partial charge in [0.05, 0.1) is 12.7 Å². The van der Waals surface area contributed by atoms with Crippen LogP contribution in [-0.2, 0) is 17.8 Å². The van der Waals surface area contributed by atoms with Gasteiger partial charge in [0.2, 0.25) is 5.91 Å². The second kappa shape index (κ2) is 9.69. The lowest BCUT2D eigenvalue weighted by atomic mass is 9.82. The molecule has 3 aromatic rings. The Balaban J connectivity index is 1.77. The third-order valence-corrected chi connectivity index (χ3v) is 6.81. The predicted molar refractivity (Wildman–Crippen MR) is 129 cm³/mol. The van der Waals surface area contributed by atoms with E-state index in [1.165, 1.54) is 22.0 Å². The number of ether oxygens (including phenoxy) is 1. The molecule has 4 rings (SSSR count). The van der Waals surface area contributed by atoms with E-state index >= 15 is 0 Å². The molecule has 1 saturated heterocycles. The van der Waals surface area contributed by atoms with Gasteiger partial charge >= 0.3 is 5.97 Å². The zero-order valence-electron chi connectivity index (χ0n) is 19.6. The fraction of sp³-hybridized carbons (Fsp3) is 0.407. The van der Waals surface area contributed by atoms with Crippen molar-refractivity contribution in [3.8, 4) is 5.75 Å². The topological polar surface area (TPSA) is 80.6 Å². The minimum atomic E-state index is -0.967. The van der Waals surface area contributed by atoms with Crippen LogP contribution in [0.4, 0.5) is 0 Å². The van der Waals surface area contributed by atoms with Crippen molar-refractivity contribution >= 4 is 22.8 Å². The average Bonchev–Trinajstić information content (AvgIpc) is 3.38. The van der Waals surface area contributed by atoms with Gasteiger partial charge in [-0.1, -0.05) is 26.0 Å². The number of carboxylic acid groups (broad SMARTS) is 1. The molecule has 33 heavy (non-hydrogen) atoms. The van der Waals surface area contributed by atoms with Gasteiger partial charge in [0.1, 0.15) is 5.75 Å². The van der Waals surface area contributed by atoms with Crippen LogP contribution in [0.3, 0.4) is 0 Å². The van der Waals surface area contributed by atoms with Crippen LogP contribution in [0.25, 0.3) is 10.9 Å². The number of nitrogens with one attached hydrogen (secondary N) is 1. The molecular formula is C27H32N2O4. The number of nitrogens with zero attached hydrogens (tertiary/aromatic N) is 1. The second-order valence-corrected chi connectivity index (χ2v) is 8.83. The van der Waals surface area contributed by atoms with E-state index in [0.717, 1.165) is 37.9 Å². The highest BCUT2D eigenvalue weighted by atomic mass is 16.5. The molecule has 0 spiro atoms. The van der Waals surface area contributed by atoms with Gasteiger partial charge < -0.3 is 19.7 Å². The summed E-state index contributed by atoms with van der Waals surface area (Å²) >= 11 is 0. The Morgan fingerprint density at radius 2 is 2.03 bits per heavy atom. The molecule has 0 aliphatic carbocycles. The smallest absolute Gasteiger partial charge is 0.335 e. The summed E-state index contributed by atoms with van der Waals surface area (Å²) in [5.41, 5.74) is 4.73. The van der Waals surface area contributed by atoms with Crippen LogP contribution in [0.15, 0.2) is 42.6 Å². The SMILES string of the molecule is CCCn1cc(Cc2ccc(C(=O)O)cc2OC)c2cc(C(CC)C3CCNC3=O)ccc21. The minimum absolute atomic E-state index is 0.0253. The van der Waals surface area contributed by atoms with Crippen molar-refractivity contribution < 1.29 is 19.4 Å². The van der Waals surface area contributed by atoms with E-state index in [1.807, 2.05) is 6.07 Å². The van der Waals surface area contributed by atoms with E-state index in [9.17, 15) is 14.7 Å². The highest BCUT2D eigenvalue weighted by Crippen LogP contribution is 2.36. The number of hydrogen-bond donors (Lipinski definition) is 2. The molecule has 2 heterocycles. The van der Waals surface area contributed by atoms with Gasteiger partial charge in [0.15, 0.2) is 0 Å². The predicted octanol–water partition coefficient (Wildman–Crippen LogP) is 4.98. The molecule has 1 aliphatic heterocycles. The summed E-state index contributed by atoms with van der Waals surface area (Å²) in [4.78, 5) is 23.7. The number of hydrogen-bond acceptors (Lipinski definition) is 3. The maximum absolute atomic E-state index is 12.4. The molecule has 6 nitrogen and oxygen atoms in total. The maximum Gasteiger partial charge on any atom is 0.335 e. The van der Waals surface area contributed by atoms with Gasteiger partial charge in [0.25, 0.3) is 0 Å². The first-order chi connectivity index (χ1) is 16.0. The molecule has 2 atom stereocenters. The van der Waals surface area contributed by atoms with Crippen LogP contribution in [-0.4, -0.2) is 35.2 Å². The molecule has 2 unspecified atom stereocenters. The molecule has 0 saturated carbocycles. The van der Waals surface area contributed by atoms with E-state index in [1.54, 1.807) is 19.2 Å². The normalized spacial score (nSPS) is 16.7. The van der Waals surface area contributed by atoms with Crippen molar-refractivity contribution in [1.82, 2.24) is 9.88 Å². The zero-order chi connectivity index (χ0) is 23.5. The standard InChI is InChI=1S/C27H32N2O4/c1-4-12-29-16-20(13-18-6-7-19(27(31)32)15-25(18)33-3)23-14-17(8-9-24(23)29)21(5-2)22-10-11-28-26(22)30/h6-9,14-16,21-22H,4-5,10-13H2,1-3H3,(H,28,30)(H,31,32). The van der Waals surface area contributed by atoms with E-state index in [-0.39, 0.29) is 23.3 Å². The summed E-state index contributed by atoms with van der Waals surface area (Å²) in [6.07, 6.45) is 5.67. The van der Waals surface area contributed by atoms with E-state index in [0.29, 0.717) is 12.2 Å². The van der Waals surface area contributed by atoms with E-state index in [2.05, 4.69) is 48.1 Å². The molecule has 2 N–H and O–H groups in total. The van der Waals surface area contributed by atoms with Crippen molar-refractivity contribution in [3.63, 3.8) is 0 Å². The summed E-state index contributed by atoms with van der Waals surface area (Å²) in [7, 11) is 1.57. The third-order valence-electron chi connectivity index (χ3n) is 6.81. The van der Waals surface area contributed by atoms with Crippen LogP contribution in [0.2, 0.25) is 0 Å². The van der Waals surface area contributed by atoms with E-state index < -0.39 is 5.97 Å². The van der Waals surface area contributed by atoms with Crippen molar-refractivity contribution in [2.24, 2.45) is 5.92 Å². The Kier molecular flexibility index (Phi) is 6.72. The van der Waals surface area contributed by atoms with Crippen molar-refractivity contribution in [3.05, 3.63) is 64.8 Å². The van der Waals surface area contributed by atoms with Gasteiger partial charge in [-0.15, -0.1) is 0 Å². The Morgan fingerprint density at radius 3 is 2.67 bits per heavy atom. The summed E-state index contributed by atoms with van der Waals surface area (Å²) in [5, 5.41) is 13.5. The number of aryl methyl sites for hydroxylation is 1. The first-order valence-electron chi connectivity index (χ1n) is 11.8. The number of fused-ring (bicyclic) bond motifs is 1. The number of carbonyl (C=O) groups excluding carboxylic acids is 1. The second-order valence-electron chi connectivity index (χ2n) is 8.83. The average molecular weight is 449 g/mol. The van der Waals surface area contributed by atoms with Crippen molar-refractivity contribution in [2.45, 2.75) is 52.0 Å². The Labute approximate surface area is 194 Å². The fourth-order valence-electron chi connectivity index (χ4n) is 5.16. The zero-order valence-corrected chi connectivity index (χ0v) is 19.6. The van der Waals surface area contributed by atoms with Gasteiger partial charge in [0, 0.05) is 42.5 Å². The van der Waals surface area contributed by atoms with Gasteiger partial charge in [-0.2, -0.15) is 0 Å². The molecule has 1 fully saturated rings. The summed E-state index contributed by atoms with van der Waals surface area (Å²) in [6, 6.07) is 11.7. The van der Waals surface area contributed by atoms with Gasteiger partial charge in [-0.3, -0.25) is 4.79 Å². The van der Waals surface area contributed by atoms with Crippen LogP contribution in [0.5, 0.6) is 5.75 Å². The number of methoxy groups -OCH3 is 1. The molecule has 1 aromatic heterocycles. The van der Waals surface area contributed by atoms with Crippen LogP contribution in [0.1, 0.15) is 66.1 Å². The largest absolute Gasteiger partial charge is 0.496 e. The van der Waals surface area contributed by atoms with E-state index in [4.69, 9.17) is 4.74 Å². The number of carbonyl (C=O) groups is 2. The monoisotopic (exact) mass is 448 g/mol. The number of carboxylic acids is 1. The lowest BCUT2D eigenvalue weighted by Gasteiger charge is -2.21. The fourth-order valence-corrected chi connectivity index (χ4v) is 5.16. The molecule has 174 valence electrons. The van der Waals surface area contributed by atoms with Crippen LogP contribution in [0, 0.1) is 5.92 Å².